The smallest absolute Gasteiger partial charge is 0.223 e. The van der Waals surface area contributed by atoms with Gasteiger partial charge in [0, 0.05) is 30.0 Å². The maximum absolute atomic E-state index is 12.6. The lowest BCUT2D eigenvalue weighted by atomic mass is 9.78. The van der Waals surface area contributed by atoms with E-state index in [-0.39, 0.29) is 29.7 Å². The second-order valence-corrected chi connectivity index (χ2v) is 9.92. The van der Waals surface area contributed by atoms with Crippen LogP contribution in [0.4, 0.5) is 0 Å². The maximum Gasteiger partial charge on any atom is 0.223 e. The molecule has 1 atom stereocenters. The fourth-order valence-corrected chi connectivity index (χ4v) is 5.79. The van der Waals surface area contributed by atoms with Crippen molar-refractivity contribution in [1.82, 2.24) is 15.6 Å². The molecule has 2 N–H and O–H groups in total. The number of hydrogen-bond donors (Lipinski definition) is 2. The third kappa shape index (κ3) is 4.76. The number of carbonyl (C=O) groups excluding carboxylic acids is 2. The third-order valence-electron chi connectivity index (χ3n) is 7.14. The molecule has 0 spiro atoms. The molecule has 0 aromatic carbocycles. The van der Waals surface area contributed by atoms with E-state index in [1.807, 2.05) is 11.6 Å². The lowest BCUT2D eigenvalue weighted by molar-refractivity contribution is -0.129. The minimum absolute atomic E-state index is 0.0575. The van der Waals surface area contributed by atoms with Crippen LogP contribution in [-0.4, -0.2) is 23.3 Å². The molecular weight excluding hydrogens is 370 g/mol. The van der Waals surface area contributed by atoms with Gasteiger partial charge in [-0.3, -0.25) is 9.59 Å². The average Bonchev–Trinajstić information content (AvgIpc) is 3.37. The summed E-state index contributed by atoms with van der Waals surface area (Å²) in [7, 11) is 0. The monoisotopic (exact) mass is 403 g/mol. The first-order chi connectivity index (χ1) is 13.7. The van der Waals surface area contributed by atoms with Crippen LogP contribution in [0.15, 0.2) is 11.6 Å². The molecule has 28 heavy (non-hydrogen) atoms. The van der Waals surface area contributed by atoms with E-state index < -0.39 is 0 Å². The second kappa shape index (κ2) is 9.38. The van der Waals surface area contributed by atoms with Gasteiger partial charge in [-0.25, -0.2) is 4.98 Å². The maximum atomic E-state index is 12.6. The fraction of sp³-hybridized carbons (Fsp3) is 0.773. The molecule has 2 amide bonds. The van der Waals surface area contributed by atoms with Crippen molar-refractivity contribution in [2.24, 2.45) is 23.7 Å². The molecule has 0 unspecified atom stereocenters. The molecule has 1 aromatic heterocycles. The van der Waals surface area contributed by atoms with Gasteiger partial charge in [-0.1, -0.05) is 19.3 Å². The zero-order valence-electron chi connectivity index (χ0n) is 16.7. The Bertz CT molecular complexity index is 645. The largest absolute Gasteiger partial charge is 0.356 e. The van der Waals surface area contributed by atoms with Crippen LogP contribution >= 0.6 is 11.3 Å². The van der Waals surface area contributed by atoms with Crippen LogP contribution in [-0.2, 0) is 9.59 Å². The van der Waals surface area contributed by atoms with Crippen LogP contribution in [0.3, 0.4) is 0 Å². The molecule has 3 saturated carbocycles. The molecule has 5 nitrogen and oxygen atoms in total. The first kappa shape index (κ1) is 19.9. The van der Waals surface area contributed by atoms with Crippen molar-refractivity contribution in [3.63, 3.8) is 0 Å². The van der Waals surface area contributed by atoms with E-state index in [0.29, 0.717) is 11.8 Å². The number of thiazole rings is 1. The number of amides is 2. The molecule has 3 aliphatic carbocycles. The zero-order valence-corrected chi connectivity index (χ0v) is 17.5. The molecule has 1 heterocycles. The first-order valence-corrected chi connectivity index (χ1v) is 12.1. The summed E-state index contributed by atoms with van der Waals surface area (Å²) >= 11 is 1.65. The molecule has 0 aliphatic heterocycles. The minimum Gasteiger partial charge on any atom is -0.356 e. The SMILES string of the molecule is O=C(NCC1CCC([C@H](NC(=O)C2CCC2)c2nccs2)CC1)C1CCCC1. The van der Waals surface area contributed by atoms with Crippen LogP contribution in [0.5, 0.6) is 0 Å². The van der Waals surface area contributed by atoms with Gasteiger partial charge in [0.05, 0.1) is 6.04 Å². The molecule has 1 aromatic rings. The van der Waals surface area contributed by atoms with E-state index in [1.54, 1.807) is 11.3 Å². The van der Waals surface area contributed by atoms with Gasteiger partial charge >= 0.3 is 0 Å². The summed E-state index contributed by atoms with van der Waals surface area (Å²) < 4.78 is 0. The minimum atomic E-state index is 0.0575. The van der Waals surface area contributed by atoms with Gasteiger partial charge < -0.3 is 10.6 Å². The van der Waals surface area contributed by atoms with Crippen molar-refractivity contribution >= 4 is 23.2 Å². The van der Waals surface area contributed by atoms with E-state index in [1.165, 1.54) is 19.3 Å². The second-order valence-electron chi connectivity index (χ2n) is 8.99. The highest BCUT2D eigenvalue weighted by atomic mass is 32.1. The number of nitrogens with one attached hydrogen (secondary N) is 2. The number of nitrogens with zero attached hydrogens (tertiary/aromatic N) is 1. The van der Waals surface area contributed by atoms with Gasteiger partial charge in [0.15, 0.2) is 0 Å². The summed E-state index contributed by atoms with van der Waals surface area (Å²) in [6.07, 6.45) is 14.1. The van der Waals surface area contributed by atoms with Crippen LogP contribution in [0.2, 0.25) is 0 Å². The average molecular weight is 404 g/mol. The summed E-state index contributed by atoms with van der Waals surface area (Å²) in [4.78, 5) is 29.3. The van der Waals surface area contributed by atoms with Gasteiger partial charge in [-0.2, -0.15) is 0 Å². The highest BCUT2D eigenvalue weighted by Crippen LogP contribution is 2.38. The Morgan fingerprint density at radius 1 is 0.964 bits per heavy atom. The predicted octanol–water partition coefficient (Wildman–Crippen LogP) is 4.21. The van der Waals surface area contributed by atoms with Gasteiger partial charge in [0.25, 0.3) is 0 Å². The Labute approximate surface area is 172 Å². The van der Waals surface area contributed by atoms with Crippen molar-refractivity contribution in [1.29, 1.82) is 0 Å². The molecule has 6 heteroatoms. The molecule has 154 valence electrons. The standard InChI is InChI=1S/C22H33N3O2S/c26-20(17-4-1-2-5-17)24-14-15-8-10-16(11-9-15)19(22-23-12-13-28-22)25-21(27)18-6-3-7-18/h12-13,15-19H,1-11,14H2,(H,24,26)(H,25,27)/t15?,16?,19-/m0/s1. The van der Waals surface area contributed by atoms with E-state index >= 15 is 0 Å². The number of carbonyl (C=O) groups is 2. The van der Waals surface area contributed by atoms with Crippen molar-refractivity contribution in [2.45, 2.75) is 76.7 Å². The highest BCUT2D eigenvalue weighted by molar-refractivity contribution is 7.09. The molecule has 3 fully saturated rings. The molecular formula is C22H33N3O2S. The molecule has 0 radical (unpaired) electrons. The predicted molar refractivity (Wildman–Crippen MR) is 111 cm³/mol. The Morgan fingerprint density at radius 3 is 2.25 bits per heavy atom. The number of aromatic nitrogens is 1. The summed E-state index contributed by atoms with van der Waals surface area (Å²) in [6.45, 7) is 0.818. The fourth-order valence-electron chi connectivity index (χ4n) is 5.01. The van der Waals surface area contributed by atoms with E-state index in [4.69, 9.17) is 0 Å². The topological polar surface area (TPSA) is 71.1 Å². The summed E-state index contributed by atoms with van der Waals surface area (Å²) in [5, 5.41) is 9.59. The molecule has 0 bridgehead atoms. The molecule has 3 aliphatic rings. The summed E-state index contributed by atoms with van der Waals surface area (Å²) in [5.74, 6) is 1.99. The van der Waals surface area contributed by atoms with Crippen LogP contribution in [0, 0.1) is 23.7 Å². The van der Waals surface area contributed by atoms with Crippen molar-refractivity contribution in [3.05, 3.63) is 16.6 Å². The summed E-state index contributed by atoms with van der Waals surface area (Å²) in [5.41, 5.74) is 0. The first-order valence-electron chi connectivity index (χ1n) is 11.2. The Kier molecular flexibility index (Phi) is 6.65. The van der Waals surface area contributed by atoms with Crippen molar-refractivity contribution < 1.29 is 9.59 Å². The highest BCUT2D eigenvalue weighted by Gasteiger charge is 2.34. The quantitative estimate of drug-likeness (QED) is 0.716. The summed E-state index contributed by atoms with van der Waals surface area (Å²) in [6, 6.07) is 0.0575. The molecule has 0 saturated heterocycles. The Morgan fingerprint density at radius 2 is 1.64 bits per heavy atom. The number of rotatable bonds is 7. The van der Waals surface area contributed by atoms with Crippen LogP contribution in [0.1, 0.15) is 81.7 Å². The zero-order chi connectivity index (χ0) is 19.3. The Hall–Kier alpha value is -1.43. The Balaban J connectivity index is 1.27. The van der Waals surface area contributed by atoms with Gasteiger partial charge in [-0.15, -0.1) is 11.3 Å². The molecule has 4 rings (SSSR count). The van der Waals surface area contributed by atoms with Crippen molar-refractivity contribution in [3.8, 4) is 0 Å². The van der Waals surface area contributed by atoms with Crippen LogP contribution < -0.4 is 10.6 Å². The van der Waals surface area contributed by atoms with Crippen molar-refractivity contribution in [2.75, 3.05) is 6.54 Å². The van der Waals surface area contributed by atoms with E-state index in [0.717, 1.165) is 62.9 Å². The lowest BCUT2D eigenvalue weighted by Crippen LogP contribution is -2.41. The third-order valence-corrected chi connectivity index (χ3v) is 8.00. The van der Waals surface area contributed by atoms with Gasteiger partial charge in [0.2, 0.25) is 11.8 Å². The lowest BCUT2D eigenvalue weighted by Gasteiger charge is -2.35. The van der Waals surface area contributed by atoms with E-state index in [2.05, 4.69) is 15.6 Å². The van der Waals surface area contributed by atoms with Gasteiger partial charge in [-0.05, 0) is 63.2 Å². The van der Waals surface area contributed by atoms with Gasteiger partial charge in [0.1, 0.15) is 5.01 Å². The number of hydrogen-bond acceptors (Lipinski definition) is 4. The normalized spacial score (nSPS) is 27.1. The van der Waals surface area contributed by atoms with Crippen LogP contribution in [0.25, 0.3) is 0 Å². The van der Waals surface area contributed by atoms with E-state index in [9.17, 15) is 9.59 Å².